The third kappa shape index (κ3) is 3.38. The molecule has 0 radical (unpaired) electrons. The average Bonchev–Trinajstić information content (AvgIpc) is 2.93. The van der Waals surface area contributed by atoms with Gasteiger partial charge in [0.2, 0.25) is 5.95 Å². The van der Waals surface area contributed by atoms with Crippen molar-refractivity contribution in [2.75, 3.05) is 5.32 Å². The normalized spacial score (nSPS) is 11.6. The molecule has 0 saturated carbocycles. The number of anilines is 2. The number of carbonyl (C=O) groups is 1. The number of fused-ring (bicyclic) bond motifs is 1. The average molecular weight is 354 g/mol. The lowest BCUT2D eigenvalue weighted by atomic mass is 10.2. The van der Waals surface area contributed by atoms with Gasteiger partial charge in [-0.05, 0) is 24.3 Å². The summed E-state index contributed by atoms with van der Waals surface area (Å²) in [6, 6.07) is 7.26. The fraction of sp³-hybridized carbons (Fsp3) is 0.0667. The highest BCUT2D eigenvalue weighted by atomic mass is 19.4. The second kappa shape index (κ2) is 6.06. The Morgan fingerprint density at radius 3 is 2.64 bits per heavy atom. The van der Waals surface area contributed by atoms with Gasteiger partial charge in [0.05, 0.1) is 16.6 Å². The van der Waals surface area contributed by atoms with Crippen molar-refractivity contribution in [2.24, 2.45) is 0 Å². The first-order valence-electron chi connectivity index (χ1n) is 6.86. The Kier molecular flexibility index (Phi) is 4.05. The van der Waals surface area contributed by atoms with E-state index in [1.807, 2.05) is 0 Å². The van der Waals surface area contributed by atoms with Gasteiger partial charge in [-0.1, -0.05) is 6.07 Å². The van der Waals surface area contributed by atoms with Crippen molar-refractivity contribution >= 4 is 28.6 Å². The molecule has 3 rings (SSSR count). The molecule has 1 heterocycles. The molecule has 0 bridgehead atoms. The van der Waals surface area contributed by atoms with Crippen LogP contribution in [-0.4, -0.2) is 21.1 Å². The Balaban J connectivity index is 1.94. The van der Waals surface area contributed by atoms with Gasteiger partial charge in [-0.25, -0.2) is 14.9 Å². The summed E-state index contributed by atoms with van der Waals surface area (Å²) in [5, 5.41) is 11.4. The molecule has 3 aromatic rings. The topological polar surface area (TPSA) is 90.0 Å². The number of nitrogens with one attached hydrogen (secondary N) is 3. The van der Waals surface area contributed by atoms with Crippen LogP contribution in [0.2, 0.25) is 0 Å². The Hall–Kier alpha value is -3.14. The van der Waals surface area contributed by atoms with E-state index in [-0.39, 0.29) is 22.5 Å². The van der Waals surface area contributed by atoms with Crippen molar-refractivity contribution < 1.29 is 27.6 Å². The van der Waals surface area contributed by atoms with Gasteiger partial charge in [0.15, 0.2) is 0 Å². The molecule has 0 saturated heterocycles. The number of benzene rings is 2. The molecule has 1 amide bonds. The number of alkyl halides is 3. The molecule has 0 aliphatic heterocycles. The van der Waals surface area contributed by atoms with Crippen molar-refractivity contribution in [2.45, 2.75) is 6.18 Å². The summed E-state index contributed by atoms with van der Waals surface area (Å²) in [6.07, 6.45) is -4.82. The Labute approximate surface area is 137 Å². The fourth-order valence-electron chi connectivity index (χ4n) is 2.25. The number of halogens is 4. The largest absolute Gasteiger partial charge is 0.419 e. The van der Waals surface area contributed by atoms with E-state index in [0.29, 0.717) is 17.8 Å². The quantitative estimate of drug-likeness (QED) is 0.329. The minimum Gasteiger partial charge on any atom is -0.326 e. The van der Waals surface area contributed by atoms with Crippen LogP contribution in [0.1, 0.15) is 15.9 Å². The molecule has 25 heavy (non-hydrogen) atoms. The van der Waals surface area contributed by atoms with E-state index in [2.05, 4.69) is 15.3 Å². The predicted octanol–water partition coefficient (Wildman–Crippen LogP) is 3.58. The van der Waals surface area contributed by atoms with Crippen molar-refractivity contribution in [1.29, 1.82) is 0 Å². The van der Waals surface area contributed by atoms with E-state index in [0.717, 1.165) is 0 Å². The van der Waals surface area contributed by atoms with E-state index in [1.165, 1.54) is 23.7 Å². The fourth-order valence-corrected chi connectivity index (χ4v) is 2.25. The van der Waals surface area contributed by atoms with Crippen molar-refractivity contribution in [3.8, 4) is 0 Å². The molecule has 0 atom stereocenters. The van der Waals surface area contributed by atoms with E-state index in [1.54, 1.807) is 6.07 Å². The summed E-state index contributed by atoms with van der Waals surface area (Å²) < 4.78 is 51.8. The zero-order chi connectivity index (χ0) is 18.2. The number of nitrogens with zero attached hydrogens (tertiary/aromatic N) is 1. The molecular weight excluding hydrogens is 344 g/mol. The molecule has 4 N–H and O–H groups in total. The summed E-state index contributed by atoms with van der Waals surface area (Å²) in [5.74, 6) is -2.08. The third-order valence-electron chi connectivity index (χ3n) is 3.37. The monoisotopic (exact) mass is 354 g/mol. The number of hydrogen-bond donors (Lipinski definition) is 4. The molecule has 130 valence electrons. The van der Waals surface area contributed by atoms with Crippen LogP contribution in [-0.2, 0) is 6.18 Å². The summed E-state index contributed by atoms with van der Waals surface area (Å²) >= 11 is 0. The first kappa shape index (κ1) is 16.7. The summed E-state index contributed by atoms with van der Waals surface area (Å²) in [6.45, 7) is 0. The Morgan fingerprint density at radius 2 is 1.96 bits per heavy atom. The van der Waals surface area contributed by atoms with E-state index in [4.69, 9.17) is 5.21 Å². The van der Waals surface area contributed by atoms with Gasteiger partial charge >= 0.3 is 6.18 Å². The maximum atomic E-state index is 13.6. The Morgan fingerprint density at radius 1 is 1.20 bits per heavy atom. The van der Waals surface area contributed by atoms with Gasteiger partial charge in [0.25, 0.3) is 5.91 Å². The van der Waals surface area contributed by atoms with Crippen LogP contribution in [0.25, 0.3) is 11.0 Å². The molecule has 1 aromatic heterocycles. The first-order chi connectivity index (χ1) is 11.8. The third-order valence-corrected chi connectivity index (χ3v) is 3.37. The lowest BCUT2D eigenvalue weighted by Gasteiger charge is -2.07. The maximum Gasteiger partial charge on any atom is 0.419 e. The number of carbonyl (C=O) groups excluding carboxylic acids is 1. The van der Waals surface area contributed by atoms with E-state index in [9.17, 15) is 22.4 Å². The lowest BCUT2D eigenvalue weighted by Crippen LogP contribution is -2.18. The number of aromatic nitrogens is 2. The van der Waals surface area contributed by atoms with Gasteiger partial charge < -0.3 is 10.3 Å². The smallest absolute Gasteiger partial charge is 0.326 e. The molecule has 0 spiro atoms. The lowest BCUT2D eigenvalue weighted by molar-refractivity contribution is -0.139. The SMILES string of the molecule is O=C(NO)c1cccc(Nc2nc3cc(F)c(C(F)(F)F)cc3[nH]2)c1. The van der Waals surface area contributed by atoms with Gasteiger partial charge in [0, 0.05) is 17.3 Å². The molecular formula is C15H10F4N4O2. The second-order valence-electron chi connectivity index (χ2n) is 5.08. The van der Waals surface area contributed by atoms with Crippen LogP contribution in [0.3, 0.4) is 0 Å². The first-order valence-corrected chi connectivity index (χ1v) is 6.86. The Bertz CT molecular complexity index is 952. The van der Waals surface area contributed by atoms with Gasteiger partial charge in [-0.15, -0.1) is 0 Å². The highest BCUT2D eigenvalue weighted by Crippen LogP contribution is 2.33. The molecule has 0 unspecified atom stereocenters. The highest BCUT2D eigenvalue weighted by molar-refractivity contribution is 5.94. The zero-order valence-electron chi connectivity index (χ0n) is 12.3. The summed E-state index contributed by atoms with van der Waals surface area (Å²) in [4.78, 5) is 17.9. The van der Waals surface area contributed by atoms with Crippen LogP contribution in [0.15, 0.2) is 36.4 Å². The summed E-state index contributed by atoms with van der Waals surface area (Å²) in [7, 11) is 0. The van der Waals surface area contributed by atoms with Gasteiger partial charge in [-0.2, -0.15) is 13.2 Å². The molecule has 0 fully saturated rings. The molecule has 6 nitrogen and oxygen atoms in total. The molecule has 0 aliphatic rings. The van der Waals surface area contributed by atoms with Gasteiger partial charge in [-0.3, -0.25) is 10.0 Å². The molecule has 2 aromatic carbocycles. The number of aromatic amines is 1. The molecule has 10 heteroatoms. The number of rotatable bonds is 3. The molecule has 0 aliphatic carbocycles. The predicted molar refractivity (Wildman–Crippen MR) is 80.0 cm³/mol. The summed E-state index contributed by atoms with van der Waals surface area (Å²) in [5.41, 5.74) is 0.635. The minimum atomic E-state index is -4.82. The van der Waals surface area contributed by atoms with E-state index < -0.39 is 23.5 Å². The van der Waals surface area contributed by atoms with Crippen LogP contribution >= 0.6 is 0 Å². The zero-order valence-corrected chi connectivity index (χ0v) is 12.3. The number of amides is 1. The van der Waals surface area contributed by atoms with Gasteiger partial charge in [0.1, 0.15) is 5.82 Å². The van der Waals surface area contributed by atoms with Crippen molar-refractivity contribution in [1.82, 2.24) is 15.4 Å². The van der Waals surface area contributed by atoms with Crippen LogP contribution in [0.4, 0.5) is 29.2 Å². The number of imidazole rings is 1. The second-order valence-corrected chi connectivity index (χ2v) is 5.08. The van der Waals surface area contributed by atoms with Crippen molar-refractivity contribution in [3.63, 3.8) is 0 Å². The van der Waals surface area contributed by atoms with Crippen LogP contribution in [0, 0.1) is 5.82 Å². The van der Waals surface area contributed by atoms with Crippen LogP contribution in [0.5, 0.6) is 0 Å². The van der Waals surface area contributed by atoms with Crippen molar-refractivity contribution in [3.05, 3.63) is 53.3 Å². The number of H-pyrrole nitrogens is 1. The standard InChI is InChI=1S/C15H10F4N4O2/c16-10-6-12-11(5-9(10)15(17,18)19)21-14(22-12)20-8-3-1-2-7(4-8)13(24)23-25/h1-6,25H,(H,23,24)(H2,20,21,22). The number of hydrogen-bond acceptors (Lipinski definition) is 4. The van der Waals surface area contributed by atoms with Crippen LogP contribution < -0.4 is 10.8 Å². The minimum absolute atomic E-state index is 0.000445. The van der Waals surface area contributed by atoms with E-state index >= 15 is 0 Å². The highest BCUT2D eigenvalue weighted by Gasteiger charge is 2.34. The number of hydroxylamine groups is 1. The maximum absolute atomic E-state index is 13.6.